The quantitative estimate of drug-likeness (QED) is 0.788. The lowest BCUT2D eigenvalue weighted by Crippen LogP contribution is -2.52. The van der Waals surface area contributed by atoms with E-state index in [1.165, 1.54) is 10.7 Å². The van der Waals surface area contributed by atoms with Gasteiger partial charge in [0.05, 0.1) is 6.61 Å². The van der Waals surface area contributed by atoms with Gasteiger partial charge >= 0.3 is 0 Å². The van der Waals surface area contributed by atoms with Gasteiger partial charge in [0.1, 0.15) is 5.69 Å². The minimum atomic E-state index is -0.147. The first-order chi connectivity index (χ1) is 11.7. The van der Waals surface area contributed by atoms with Gasteiger partial charge in [-0.3, -0.25) is 14.5 Å². The van der Waals surface area contributed by atoms with Gasteiger partial charge in [0.2, 0.25) is 0 Å². The molecule has 2 saturated heterocycles. The number of ether oxygens (including phenoxy) is 1. The van der Waals surface area contributed by atoms with Crippen molar-refractivity contribution >= 4 is 5.91 Å². The molecule has 24 heavy (non-hydrogen) atoms. The molecule has 0 radical (unpaired) electrons. The van der Waals surface area contributed by atoms with Crippen LogP contribution in [0.15, 0.2) is 16.9 Å². The molecule has 0 aromatic carbocycles. The van der Waals surface area contributed by atoms with E-state index < -0.39 is 0 Å². The smallest absolute Gasteiger partial charge is 0.274 e. The number of amides is 1. The average Bonchev–Trinajstić information content (AvgIpc) is 3.15. The number of hydrogen-bond acceptors (Lipinski definition) is 5. The molecule has 0 saturated carbocycles. The highest BCUT2D eigenvalue weighted by molar-refractivity contribution is 5.92. The lowest BCUT2D eigenvalue weighted by atomic mass is 10.2. The predicted octanol–water partition coefficient (Wildman–Crippen LogP) is 0.590. The molecule has 2 fully saturated rings. The number of piperazine rings is 1. The first-order valence-corrected chi connectivity index (χ1v) is 8.88. The zero-order valence-corrected chi connectivity index (χ0v) is 14.3. The van der Waals surface area contributed by atoms with Crippen LogP contribution in [0.1, 0.15) is 36.7 Å². The number of rotatable bonds is 5. The maximum absolute atomic E-state index is 12.7. The molecule has 1 aromatic rings. The minimum Gasteiger partial charge on any atom is -0.380 e. The highest BCUT2D eigenvalue weighted by atomic mass is 16.5. The zero-order valence-electron chi connectivity index (χ0n) is 14.3. The molecule has 7 heteroatoms. The van der Waals surface area contributed by atoms with E-state index >= 15 is 0 Å². The van der Waals surface area contributed by atoms with Gasteiger partial charge in [0.25, 0.3) is 11.5 Å². The Morgan fingerprint density at radius 1 is 1.29 bits per heavy atom. The molecule has 1 atom stereocenters. The fourth-order valence-electron chi connectivity index (χ4n) is 3.29. The number of carbonyl (C=O) groups excluding carboxylic acids is 1. The summed E-state index contributed by atoms with van der Waals surface area (Å²) in [7, 11) is 0. The van der Waals surface area contributed by atoms with Gasteiger partial charge in [-0.2, -0.15) is 5.10 Å². The Hall–Kier alpha value is -1.73. The van der Waals surface area contributed by atoms with Crippen LogP contribution in [0.25, 0.3) is 0 Å². The number of nitrogens with zero attached hydrogens (tertiary/aromatic N) is 4. The van der Waals surface area contributed by atoms with Crippen LogP contribution in [-0.4, -0.2) is 70.9 Å². The zero-order chi connectivity index (χ0) is 16.9. The van der Waals surface area contributed by atoms with Crippen molar-refractivity contribution in [2.75, 3.05) is 39.4 Å². The molecule has 3 heterocycles. The van der Waals surface area contributed by atoms with E-state index in [4.69, 9.17) is 4.74 Å². The van der Waals surface area contributed by atoms with Crippen molar-refractivity contribution in [1.82, 2.24) is 19.6 Å². The van der Waals surface area contributed by atoms with Crippen LogP contribution in [0.2, 0.25) is 0 Å². The summed E-state index contributed by atoms with van der Waals surface area (Å²) < 4.78 is 6.85. The fraction of sp³-hybridized carbons (Fsp3) is 0.706. The van der Waals surface area contributed by atoms with Crippen molar-refractivity contribution in [2.45, 2.75) is 38.8 Å². The molecule has 1 amide bonds. The molecule has 7 nitrogen and oxygen atoms in total. The summed E-state index contributed by atoms with van der Waals surface area (Å²) in [6.45, 7) is 7.41. The van der Waals surface area contributed by atoms with Crippen molar-refractivity contribution in [3.05, 3.63) is 28.2 Å². The molecule has 1 aromatic heterocycles. The Labute approximate surface area is 142 Å². The molecule has 2 aliphatic heterocycles. The van der Waals surface area contributed by atoms with Crippen LogP contribution >= 0.6 is 0 Å². The third kappa shape index (κ3) is 3.84. The van der Waals surface area contributed by atoms with E-state index in [-0.39, 0.29) is 11.5 Å². The topological polar surface area (TPSA) is 67.7 Å². The van der Waals surface area contributed by atoms with Crippen LogP contribution in [-0.2, 0) is 11.3 Å². The van der Waals surface area contributed by atoms with Crippen molar-refractivity contribution in [1.29, 1.82) is 0 Å². The molecular formula is C17H26N4O3. The van der Waals surface area contributed by atoms with Gasteiger partial charge in [-0.15, -0.1) is 0 Å². The largest absolute Gasteiger partial charge is 0.380 e. The fourth-order valence-corrected chi connectivity index (χ4v) is 3.29. The van der Waals surface area contributed by atoms with Gasteiger partial charge in [-0.25, -0.2) is 4.68 Å². The average molecular weight is 334 g/mol. The van der Waals surface area contributed by atoms with E-state index in [9.17, 15) is 9.59 Å². The predicted molar refractivity (Wildman–Crippen MR) is 90.1 cm³/mol. The van der Waals surface area contributed by atoms with E-state index in [0.29, 0.717) is 31.4 Å². The summed E-state index contributed by atoms with van der Waals surface area (Å²) in [5, 5.41) is 4.26. The third-order valence-electron chi connectivity index (χ3n) is 4.83. The van der Waals surface area contributed by atoms with Crippen LogP contribution < -0.4 is 5.56 Å². The maximum Gasteiger partial charge on any atom is 0.274 e. The highest BCUT2D eigenvalue weighted by Gasteiger charge is 2.29. The standard InChI is InChI=1S/C17H26N4O3/c1-2-3-7-21-16(22)5-4-15(18-21)17(23)20-10-8-19(9-11-20)14-6-12-24-13-14/h4-5,14H,2-3,6-13H2,1H3/t14-/m1/s1. The SMILES string of the molecule is CCCCn1nc(C(=O)N2CCN([C@@H]3CCOC3)CC2)ccc1=O. The summed E-state index contributed by atoms with van der Waals surface area (Å²) in [4.78, 5) is 28.7. The van der Waals surface area contributed by atoms with Crippen molar-refractivity contribution in [3.63, 3.8) is 0 Å². The summed E-state index contributed by atoms with van der Waals surface area (Å²) >= 11 is 0. The first-order valence-electron chi connectivity index (χ1n) is 8.88. The lowest BCUT2D eigenvalue weighted by molar-refractivity contribution is 0.0542. The first kappa shape index (κ1) is 17.1. The molecule has 0 N–H and O–H groups in total. The normalized spacial score (nSPS) is 22.0. The number of unbranched alkanes of at least 4 members (excludes halogenated alkanes) is 1. The molecule has 0 unspecified atom stereocenters. The number of hydrogen-bond donors (Lipinski definition) is 0. The van der Waals surface area contributed by atoms with E-state index in [2.05, 4.69) is 16.9 Å². The molecule has 3 rings (SSSR count). The van der Waals surface area contributed by atoms with Gasteiger partial charge in [0, 0.05) is 51.4 Å². The Morgan fingerprint density at radius 2 is 2.08 bits per heavy atom. The maximum atomic E-state index is 12.7. The van der Waals surface area contributed by atoms with Crippen molar-refractivity contribution in [3.8, 4) is 0 Å². The van der Waals surface area contributed by atoms with Crippen LogP contribution in [0.5, 0.6) is 0 Å². The molecular weight excluding hydrogens is 308 g/mol. The molecule has 132 valence electrons. The van der Waals surface area contributed by atoms with Crippen LogP contribution in [0.3, 0.4) is 0 Å². The number of aryl methyl sites for hydroxylation is 1. The van der Waals surface area contributed by atoms with Gasteiger partial charge in [-0.1, -0.05) is 13.3 Å². The molecule has 0 bridgehead atoms. The van der Waals surface area contributed by atoms with Gasteiger partial charge in [-0.05, 0) is 18.9 Å². The summed E-state index contributed by atoms with van der Waals surface area (Å²) in [6, 6.07) is 3.49. The van der Waals surface area contributed by atoms with E-state index in [1.807, 2.05) is 4.90 Å². The second-order valence-electron chi connectivity index (χ2n) is 6.48. The number of aromatic nitrogens is 2. The monoisotopic (exact) mass is 334 g/mol. The molecule has 0 aliphatic carbocycles. The molecule has 2 aliphatic rings. The summed E-state index contributed by atoms with van der Waals surface area (Å²) in [6.07, 6.45) is 2.95. The van der Waals surface area contributed by atoms with E-state index in [0.717, 1.165) is 45.6 Å². The van der Waals surface area contributed by atoms with E-state index in [1.54, 1.807) is 6.07 Å². The number of carbonyl (C=O) groups is 1. The Morgan fingerprint density at radius 3 is 2.75 bits per heavy atom. The van der Waals surface area contributed by atoms with Gasteiger partial charge in [0.15, 0.2) is 0 Å². The highest BCUT2D eigenvalue weighted by Crippen LogP contribution is 2.15. The Balaban J connectivity index is 1.61. The van der Waals surface area contributed by atoms with Gasteiger partial charge < -0.3 is 9.64 Å². The Bertz CT molecular complexity index is 617. The summed E-state index contributed by atoms with van der Waals surface area (Å²) in [5.41, 5.74) is 0.217. The Kier molecular flexibility index (Phi) is 5.63. The second-order valence-corrected chi connectivity index (χ2v) is 6.48. The third-order valence-corrected chi connectivity index (χ3v) is 4.83. The molecule has 0 spiro atoms. The van der Waals surface area contributed by atoms with Crippen LogP contribution in [0.4, 0.5) is 0 Å². The van der Waals surface area contributed by atoms with Crippen molar-refractivity contribution < 1.29 is 9.53 Å². The van der Waals surface area contributed by atoms with Crippen LogP contribution in [0, 0.1) is 0 Å². The summed E-state index contributed by atoms with van der Waals surface area (Å²) in [5.74, 6) is -0.0810. The second kappa shape index (κ2) is 7.90. The minimum absolute atomic E-state index is 0.0810. The lowest BCUT2D eigenvalue weighted by Gasteiger charge is -2.37. The van der Waals surface area contributed by atoms with Crippen molar-refractivity contribution in [2.24, 2.45) is 0 Å².